The Kier molecular flexibility index (Phi) is 3.88. The fraction of sp³-hybridized carbons (Fsp3) is 0.500. The van der Waals surface area contributed by atoms with E-state index in [2.05, 4.69) is 0 Å². The first-order valence-electron chi connectivity index (χ1n) is 4.67. The van der Waals surface area contributed by atoms with Gasteiger partial charge in [-0.25, -0.2) is 4.79 Å². The number of carboxylic acid groups (broad SMARTS) is 1. The van der Waals surface area contributed by atoms with E-state index < -0.39 is 12.1 Å². The van der Waals surface area contributed by atoms with Crippen LogP contribution in [0.5, 0.6) is 0 Å². The summed E-state index contributed by atoms with van der Waals surface area (Å²) in [7, 11) is 1.81. The lowest BCUT2D eigenvalue weighted by Crippen LogP contribution is -2.27. The van der Waals surface area contributed by atoms with Gasteiger partial charge >= 0.3 is 5.97 Å². The van der Waals surface area contributed by atoms with Crippen LogP contribution < -0.4 is 0 Å². The monoisotopic (exact) mass is 213 g/mol. The lowest BCUT2D eigenvalue weighted by Gasteiger charge is -2.17. The van der Waals surface area contributed by atoms with Gasteiger partial charge in [0.1, 0.15) is 0 Å². The maximum absolute atomic E-state index is 10.7. The molecule has 1 unspecified atom stereocenters. The molecular weight excluding hydrogens is 198 g/mol. The number of aliphatic hydroxyl groups excluding tert-OH is 1. The highest BCUT2D eigenvalue weighted by atomic mass is 16.4. The second kappa shape index (κ2) is 4.95. The van der Waals surface area contributed by atoms with E-state index in [0.717, 1.165) is 0 Å². The summed E-state index contributed by atoms with van der Waals surface area (Å²) in [6.07, 6.45) is 0.921. The average Bonchev–Trinajstić information content (AvgIpc) is 2.50. The smallest absolute Gasteiger partial charge is 0.372 e. The summed E-state index contributed by atoms with van der Waals surface area (Å²) in [5.41, 5.74) is 0.616. The highest BCUT2D eigenvalue weighted by Crippen LogP contribution is 2.12. The first-order chi connectivity index (χ1) is 7.00. The van der Waals surface area contributed by atoms with Crippen molar-refractivity contribution in [3.05, 3.63) is 23.7 Å². The Bertz CT molecular complexity index is 332. The fourth-order valence-electron chi connectivity index (χ4n) is 1.45. The zero-order valence-electron chi connectivity index (χ0n) is 8.80. The van der Waals surface area contributed by atoms with Crippen molar-refractivity contribution < 1.29 is 19.4 Å². The van der Waals surface area contributed by atoms with Gasteiger partial charge in [0, 0.05) is 18.7 Å². The molecule has 0 aliphatic carbocycles. The molecule has 1 aromatic heterocycles. The number of hydrogen-bond donors (Lipinski definition) is 2. The number of hydrogen-bond acceptors (Lipinski definition) is 4. The van der Waals surface area contributed by atoms with Gasteiger partial charge in [-0.05, 0) is 20.0 Å². The molecule has 0 spiro atoms. The first-order valence-corrected chi connectivity index (χ1v) is 4.67. The van der Waals surface area contributed by atoms with Crippen molar-refractivity contribution in [2.24, 2.45) is 0 Å². The van der Waals surface area contributed by atoms with Crippen LogP contribution in [0.15, 0.2) is 16.7 Å². The van der Waals surface area contributed by atoms with Crippen molar-refractivity contribution >= 4 is 5.97 Å². The number of carboxylic acids is 1. The molecule has 0 saturated carbocycles. The van der Waals surface area contributed by atoms with Gasteiger partial charge in [0.2, 0.25) is 5.76 Å². The number of rotatable bonds is 5. The number of furan rings is 1. The van der Waals surface area contributed by atoms with Crippen molar-refractivity contribution in [1.82, 2.24) is 4.90 Å². The van der Waals surface area contributed by atoms with Crippen LogP contribution in [0, 0.1) is 0 Å². The minimum atomic E-state index is -1.07. The zero-order chi connectivity index (χ0) is 11.4. The van der Waals surface area contributed by atoms with Crippen molar-refractivity contribution in [2.45, 2.75) is 19.6 Å². The Morgan fingerprint density at radius 3 is 2.87 bits per heavy atom. The molecule has 15 heavy (non-hydrogen) atoms. The second-order valence-electron chi connectivity index (χ2n) is 3.63. The summed E-state index contributed by atoms with van der Waals surface area (Å²) >= 11 is 0. The topological polar surface area (TPSA) is 73.9 Å². The van der Waals surface area contributed by atoms with Crippen LogP contribution >= 0.6 is 0 Å². The summed E-state index contributed by atoms with van der Waals surface area (Å²) in [5.74, 6) is -1.10. The third-order valence-corrected chi connectivity index (χ3v) is 1.96. The first kappa shape index (κ1) is 11.7. The van der Waals surface area contributed by atoms with E-state index in [1.807, 2.05) is 11.9 Å². The normalized spacial score (nSPS) is 13.1. The van der Waals surface area contributed by atoms with Crippen LogP contribution in [0.3, 0.4) is 0 Å². The van der Waals surface area contributed by atoms with Crippen molar-refractivity contribution in [3.63, 3.8) is 0 Å². The summed E-state index contributed by atoms with van der Waals surface area (Å²) < 4.78 is 4.84. The minimum Gasteiger partial charge on any atom is -0.475 e. The Balaban J connectivity index is 2.64. The molecule has 2 N–H and O–H groups in total. The Morgan fingerprint density at radius 2 is 2.33 bits per heavy atom. The van der Waals surface area contributed by atoms with Gasteiger partial charge < -0.3 is 14.6 Å². The van der Waals surface area contributed by atoms with Gasteiger partial charge in [0.05, 0.1) is 12.4 Å². The van der Waals surface area contributed by atoms with Gasteiger partial charge in [0.15, 0.2) is 0 Å². The lowest BCUT2D eigenvalue weighted by atomic mass is 10.2. The van der Waals surface area contributed by atoms with E-state index in [1.54, 1.807) is 13.0 Å². The Labute approximate surface area is 87.9 Å². The third-order valence-electron chi connectivity index (χ3n) is 1.96. The third kappa shape index (κ3) is 3.38. The lowest BCUT2D eigenvalue weighted by molar-refractivity contribution is 0.0659. The molecule has 0 fully saturated rings. The molecule has 84 valence electrons. The molecule has 0 radical (unpaired) electrons. The van der Waals surface area contributed by atoms with Crippen LogP contribution in [0.2, 0.25) is 0 Å². The van der Waals surface area contributed by atoms with Crippen molar-refractivity contribution in [1.29, 1.82) is 0 Å². The van der Waals surface area contributed by atoms with Gasteiger partial charge in [-0.3, -0.25) is 4.90 Å². The molecule has 5 nitrogen and oxygen atoms in total. The molecule has 0 aromatic carbocycles. The molecule has 1 aromatic rings. The van der Waals surface area contributed by atoms with E-state index in [4.69, 9.17) is 14.6 Å². The minimum absolute atomic E-state index is 0.0348. The van der Waals surface area contributed by atoms with Crippen LogP contribution in [0.25, 0.3) is 0 Å². The molecular formula is C10H15NO4. The number of likely N-dealkylation sites (N-methyl/N-ethyl adjacent to an activating group) is 1. The number of aromatic carboxylic acids is 1. The highest BCUT2D eigenvalue weighted by molar-refractivity contribution is 5.86. The number of carbonyl (C=O) groups is 1. The van der Waals surface area contributed by atoms with E-state index >= 15 is 0 Å². The van der Waals surface area contributed by atoms with Gasteiger partial charge in [0.25, 0.3) is 0 Å². The molecule has 0 bridgehead atoms. The predicted octanol–water partition coefficient (Wildman–Crippen LogP) is 0.790. The molecule has 1 atom stereocenters. The molecule has 0 amide bonds. The van der Waals surface area contributed by atoms with Gasteiger partial charge in [-0.1, -0.05) is 0 Å². The predicted molar refractivity (Wildman–Crippen MR) is 53.7 cm³/mol. The molecule has 5 heteroatoms. The maximum Gasteiger partial charge on any atom is 0.372 e. The van der Waals surface area contributed by atoms with E-state index in [-0.39, 0.29) is 5.76 Å². The van der Waals surface area contributed by atoms with Crippen molar-refractivity contribution in [3.8, 4) is 0 Å². The zero-order valence-corrected chi connectivity index (χ0v) is 8.80. The number of aliphatic hydroxyl groups is 1. The summed E-state index contributed by atoms with van der Waals surface area (Å²) in [6, 6.07) is 1.63. The van der Waals surface area contributed by atoms with Crippen LogP contribution in [-0.2, 0) is 6.54 Å². The van der Waals surface area contributed by atoms with Gasteiger partial charge in [-0.2, -0.15) is 0 Å². The molecule has 0 saturated heterocycles. The van der Waals surface area contributed by atoms with Crippen LogP contribution in [0.1, 0.15) is 23.0 Å². The molecule has 0 aliphatic rings. The van der Waals surface area contributed by atoms with E-state index in [1.165, 1.54) is 6.26 Å². The van der Waals surface area contributed by atoms with E-state index in [9.17, 15) is 4.79 Å². The highest BCUT2D eigenvalue weighted by Gasteiger charge is 2.15. The summed E-state index contributed by atoms with van der Waals surface area (Å²) in [6.45, 7) is 2.62. The maximum atomic E-state index is 10.7. The molecule has 1 heterocycles. The second-order valence-corrected chi connectivity index (χ2v) is 3.63. The molecule has 1 rings (SSSR count). The number of nitrogens with zero attached hydrogens (tertiary/aromatic N) is 1. The van der Waals surface area contributed by atoms with Crippen LogP contribution in [-0.4, -0.2) is 40.8 Å². The largest absolute Gasteiger partial charge is 0.475 e. The summed E-state index contributed by atoms with van der Waals surface area (Å²) in [5, 5.41) is 17.9. The van der Waals surface area contributed by atoms with E-state index in [0.29, 0.717) is 18.7 Å². The quantitative estimate of drug-likeness (QED) is 0.756. The van der Waals surface area contributed by atoms with Crippen LogP contribution in [0.4, 0.5) is 0 Å². The van der Waals surface area contributed by atoms with Crippen molar-refractivity contribution in [2.75, 3.05) is 13.6 Å². The fourth-order valence-corrected chi connectivity index (χ4v) is 1.45. The molecule has 0 aliphatic heterocycles. The Hall–Kier alpha value is -1.33. The standard InChI is InChI=1S/C10H15NO4/c1-7(12)5-11(2)6-8-3-4-15-9(8)10(13)14/h3-4,7,12H,5-6H2,1-2H3,(H,13,14). The summed E-state index contributed by atoms with van der Waals surface area (Å²) in [4.78, 5) is 12.6. The average molecular weight is 213 g/mol. The SMILES string of the molecule is CC(O)CN(C)Cc1ccoc1C(=O)O. The van der Waals surface area contributed by atoms with Gasteiger partial charge in [-0.15, -0.1) is 0 Å². The Morgan fingerprint density at radius 1 is 1.67 bits per heavy atom.